The normalized spacial score (nSPS) is 12.6. The Labute approximate surface area is 318 Å². The summed E-state index contributed by atoms with van der Waals surface area (Å²) >= 11 is 0. The zero-order valence-electron chi connectivity index (χ0n) is 31.4. The van der Waals surface area contributed by atoms with Crippen LogP contribution in [0.15, 0.2) is 97.2 Å². The maximum Gasteiger partial charge on any atom is 0.200 e. The molecule has 56 heavy (non-hydrogen) atoms. The molecule has 0 unspecified atom stereocenters. The van der Waals surface area contributed by atoms with Gasteiger partial charge in [-0.2, -0.15) is 5.10 Å². The van der Waals surface area contributed by atoms with Gasteiger partial charge in [0.2, 0.25) is 5.82 Å². The zero-order valence-corrected chi connectivity index (χ0v) is 31.4. The Morgan fingerprint density at radius 3 is 1.91 bits per heavy atom. The SMILES string of the molecule is CC(C)(C)c1ccnc(-n2c3ccccc3c3ccc(-n4c5ccc(C(C)(C)C)cc5c5ccc(-c6cc(-c7c(F)c(F)c(F)c(F)c7F)n[nH]6)nc54)cc32)c1. The van der Waals surface area contributed by atoms with Gasteiger partial charge in [-0.15, -0.1) is 0 Å². The standard InChI is InChI=1S/C45H35F5N6/c1-44(2,3)23-11-16-34-29(19-23)28-14-15-30(31-22-32(54-53-31)37-38(46)40(48)42(50)41(49)39(37)47)52-43(28)55(34)25-12-13-27-26-9-7-8-10-33(26)56(35(27)21-25)36-20-24(17-18-51-36)45(4,5)6/h7-22H,1-6H3,(H,53,54). The number of pyridine rings is 2. The van der Waals surface area contributed by atoms with Crippen molar-refractivity contribution in [3.8, 4) is 34.2 Å². The molecule has 0 aliphatic carbocycles. The lowest BCUT2D eigenvalue weighted by Gasteiger charge is -2.20. The van der Waals surface area contributed by atoms with E-state index in [1.54, 1.807) is 6.07 Å². The van der Waals surface area contributed by atoms with Crippen molar-refractivity contribution in [3.05, 3.63) is 137 Å². The van der Waals surface area contributed by atoms with Gasteiger partial charge < -0.3 is 0 Å². The van der Waals surface area contributed by atoms with Crippen molar-refractivity contribution in [2.45, 2.75) is 52.4 Å². The number of aromatic amines is 1. The van der Waals surface area contributed by atoms with Crippen LogP contribution in [-0.4, -0.2) is 29.3 Å². The van der Waals surface area contributed by atoms with E-state index in [9.17, 15) is 22.0 Å². The van der Waals surface area contributed by atoms with Crippen LogP contribution < -0.4 is 0 Å². The summed E-state index contributed by atoms with van der Waals surface area (Å²) in [4.78, 5) is 9.91. The molecule has 0 bridgehead atoms. The van der Waals surface area contributed by atoms with Crippen molar-refractivity contribution in [2.24, 2.45) is 0 Å². The highest BCUT2D eigenvalue weighted by Crippen LogP contribution is 2.39. The fraction of sp³-hybridized carbons (Fsp3) is 0.178. The highest BCUT2D eigenvalue weighted by atomic mass is 19.2. The van der Waals surface area contributed by atoms with Crippen LogP contribution >= 0.6 is 0 Å². The fourth-order valence-corrected chi connectivity index (χ4v) is 7.53. The molecule has 0 saturated carbocycles. The van der Waals surface area contributed by atoms with Crippen LogP contribution in [0.3, 0.4) is 0 Å². The molecule has 280 valence electrons. The zero-order chi connectivity index (χ0) is 39.4. The van der Waals surface area contributed by atoms with E-state index in [0.717, 1.165) is 60.7 Å². The van der Waals surface area contributed by atoms with Crippen molar-refractivity contribution >= 4 is 43.7 Å². The number of nitrogens with zero attached hydrogens (tertiary/aromatic N) is 5. The molecule has 0 fully saturated rings. The summed E-state index contributed by atoms with van der Waals surface area (Å²) in [6.45, 7) is 13.0. The molecule has 0 saturated heterocycles. The fourth-order valence-electron chi connectivity index (χ4n) is 7.53. The minimum absolute atomic E-state index is 0.0942. The predicted molar refractivity (Wildman–Crippen MR) is 211 cm³/mol. The summed E-state index contributed by atoms with van der Waals surface area (Å²) in [5.41, 5.74) is 5.32. The second kappa shape index (κ2) is 12.3. The van der Waals surface area contributed by atoms with Crippen LogP contribution in [0.25, 0.3) is 77.9 Å². The molecule has 5 aromatic heterocycles. The van der Waals surface area contributed by atoms with Crippen molar-refractivity contribution < 1.29 is 22.0 Å². The lowest BCUT2D eigenvalue weighted by atomic mass is 9.86. The minimum Gasteiger partial charge on any atom is -0.294 e. The molecule has 0 amide bonds. The molecule has 1 N–H and O–H groups in total. The Hall–Kier alpha value is -6.36. The van der Waals surface area contributed by atoms with E-state index in [1.807, 2.05) is 30.5 Å². The van der Waals surface area contributed by atoms with Crippen molar-refractivity contribution in [1.29, 1.82) is 0 Å². The number of fused-ring (bicyclic) bond motifs is 6. The van der Waals surface area contributed by atoms with Crippen LogP contribution in [-0.2, 0) is 10.8 Å². The summed E-state index contributed by atoms with van der Waals surface area (Å²) in [5, 5.41) is 10.6. The lowest BCUT2D eigenvalue weighted by molar-refractivity contribution is 0.381. The number of benzene rings is 4. The number of nitrogens with one attached hydrogen (secondary N) is 1. The van der Waals surface area contributed by atoms with Gasteiger partial charge in [0.15, 0.2) is 23.3 Å². The summed E-state index contributed by atoms with van der Waals surface area (Å²) < 4.78 is 75.9. The summed E-state index contributed by atoms with van der Waals surface area (Å²) in [6, 6.07) is 29.9. The number of aromatic nitrogens is 6. The van der Waals surface area contributed by atoms with Crippen molar-refractivity contribution in [2.75, 3.05) is 0 Å². The van der Waals surface area contributed by atoms with Crippen molar-refractivity contribution in [3.63, 3.8) is 0 Å². The van der Waals surface area contributed by atoms with Crippen LogP contribution in [0.1, 0.15) is 52.7 Å². The molecule has 9 rings (SSSR count). The van der Waals surface area contributed by atoms with Gasteiger partial charge in [0.1, 0.15) is 11.5 Å². The average Bonchev–Trinajstić information content (AvgIpc) is 3.88. The first-order valence-corrected chi connectivity index (χ1v) is 18.2. The van der Waals surface area contributed by atoms with E-state index in [1.165, 1.54) is 6.07 Å². The van der Waals surface area contributed by atoms with Crippen LogP contribution in [0.2, 0.25) is 0 Å². The highest BCUT2D eigenvalue weighted by molar-refractivity contribution is 6.11. The largest absolute Gasteiger partial charge is 0.294 e. The Morgan fingerprint density at radius 1 is 0.536 bits per heavy atom. The summed E-state index contributed by atoms with van der Waals surface area (Å²) in [7, 11) is 0. The lowest BCUT2D eigenvalue weighted by Crippen LogP contribution is -2.12. The topological polar surface area (TPSA) is 64.3 Å². The molecular weight excluding hydrogens is 720 g/mol. The first-order valence-electron chi connectivity index (χ1n) is 18.2. The minimum atomic E-state index is -2.23. The monoisotopic (exact) mass is 754 g/mol. The maximum absolute atomic E-state index is 14.8. The molecule has 0 atom stereocenters. The number of hydrogen-bond acceptors (Lipinski definition) is 3. The molecule has 9 aromatic rings. The maximum atomic E-state index is 14.8. The third-order valence-corrected chi connectivity index (χ3v) is 10.6. The van der Waals surface area contributed by atoms with Gasteiger partial charge in [0.25, 0.3) is 0 Å². The van der Waals surface area contributed by atoms with E-state index >= 15 is 0 Å². The highest BCUT2D eigenvalue weighted by Gasteiger charge is 2.29. The molecule has 0 radical (unpaired) electrons. The third kappa shape index (κ3) is 5.39. The Bertz CT molecular complexity index is 3040. The second-order valence-electron chi connectivity index (χ2n) is 16.2. The third-order valence-electron chi connectivity index (χ3n) is 10.6. The van der Waals surface area contributed by atoms with E-state index in [2.05, 4.69) is 115 Å². The summed E-state index contributed by atoms with van der Waals surface area (Å²) in [5.74, 6) is -9.47. The van der Waals surface area contributed by atoms with E-state index < -0.39 is 40.3 Å². The molecular formula is C45H35F5N6. The van der Waals surface area contributed by atoms with Gasteiger partial charge in [-0.1, -0.05) is 71.9 Å². The van der Waals surface area contributed by atoms with Gasteiger partial charge in [-0.05, 0) is 82.6 Å². The first-order chi connectivity index (χ1) is 26.6. The first kappa shape index (κ1) is 35.3. The number of hydrogen-bond donors (Lipinski definition) is 1. The van der Waals surface area contributed by atoms with Gasteiger partial charge in [0.05, 0.1) is 39.2 Å². The molecule has 4 aromatic carbocycles. The smallest absolute Gasteiger partial charge is 0.200 e. The Morgan fingerprint density at radius 2 is 1.18 bits per heavy atom. The van der Waals surface area contributed by atoms with Gasteiger partial charge in [0, 0.05) is 33.4 Å². The van der Waals surface area contributed by atoms with Crippen molar-refractivity contribution in [1.82, 2.24) is 29.3 Å². The number of halogens is 5. The molecule has 0 aliphatic rings. The van der Waals surface area contributed by atoms with Crippen LogP contribution in [0.4, 0.5) is 22.0 Å². The summed E-state index contributed by atoms with van der Waals surface area (Å²) in [6.07, 6.45) is 1.85. The van der Waals surface area contributed by atoms with Gasteiger partial charge in [-0.3, -0.25) is 14.2 Å². The van der Waals surface area contributed by atoms with Gasteiger partial charge in [-0.25, -0.2) is 31.9 Å². The Kier molecular flexibility index (Phi) is 7.78. The number of H-pyrrole nitrogens is 1. The number of rotatable bonds is 4. The van der Waals surface area contributed by atoms with E-state index in [-0.39, 0.29) is 16.5 Å². The predicted octanol–water partition coefficient (Wildman–Crippen LogP) is 12.0. The molecule has 11 heteroatoms. The second-order valence-corrected chi connectivity index (χ2v) is 16.2. The van der Waals surface area contributed by atoms with E-state index in [4.69, 9.17) is 9.97 Å². The molecule has 5 heterocycles. The number of para-hydroxylation sites is 1. The van der Waals surface area contributed by atoms with Crippen LogP contribution in [0.5, 0.6) is 0 Å². The molecule has 0 spiro atoms. The van der Waals surface area contributed by atoms with E-state index in [0.29, 0.717) is 11.3 Å². The molecule has 0 aliphatic heterocycles. The van der Waals surface area contributed by atoms with Gasteiger partial charge >= 0.3 is 0 Å². The average molecular weight is 755 g/mol. The molecule has 6 nitrogen and oxygen atoms in total. The quantitative estimate of drug-likeness (QED) is 0.111. The Balaban J connectivity index is 1.28. The van der Waals surface area contributed by atoms with Crippen LogP contribution in [0, 0.1) is 29.1 Å².